The number of hydrazine groups is 1. The molecule has 2 heterocycles. The van der Waals surface area contributed by atoms with Crippen molar-refractivity contribution >= 4 is 11.7 Å². The van der Waals surface area contributed by atoms with E-state index in [9.17, 15) is 4.79 Å². The molecule has 18 heavy (non-hydrogen) atoms. The third-order valence-corrected chi connectivity index (χ3v) is 2.05. The molecule has 0 aliphatic heterocycles. The van der Waals surface area contributed by atoms with E-state index in [1.807, 2.05) is 0 Å². The minimum Gasteiger partial charge on any atom is -0.350 e. The highest BCUT2D eigenvalue weighted by atomic mass is 16.5. The first-order valence-corrected chi connectivity index (χ1v) is 5.12. The SMILES string of the molecule is NNc1cncc(C(=O)NCCc2ncno2)n1. The quantitative estimate of drug-likeness (QED) is 0.459. The van der Waals surface area contributed by atoms with Crippen LogP contribution >= 0.6 is 0 Å². The molecule has 9 heteroatoms. The third-order valence-electron chi connectivity index (χ3n) is 2.05. The van der Waals surface area contributed by atoms with Crippen LogP contribution in [0.3, 0.4) is 0 Å². The zero-order valence-electron chi connectivity index (χ0n) is 9.33. The molecule has 2 aromatic rings. The summed E-state index contributed by atoms with van der Waals surface area (Å²) >= 11 is 0. The van der Waals surface area contributed by atoms with Gasteiger partial charge in [0.25, 0.3) is 5.91 Å². The van der Waals surface area contributed by atoms with E-state index in [2.05, 4.69) is 30.9 Å². The molecule has 0 bridgehead atoms. The molecule has 0 fully saturated rings. The van der Waals surface area contributed by atoms with Gasteiger partial charge >= 0.3 is 0 Å². The molecule has 0 saturated heterocycles. The molecule has 0 unspecified atom stereocenters. The van der Waals surface area contributed by atoms with Gasteiger partial charge in [-0.2, -0.15) is 4.98 Å². The van der Waals surface area contributed by atoms with Gasteiger partial charge < -0.3 is 15.3 Å². The van der Waals surface area contributed by atoms with E-state index < -0.39 is 0 Å². The lowest BCUT2D eigenvalue weighted by molar-refractivity contribution is 0.0948. The zero-order chi connectivity index (χ0) is 12.8. The Kier molecular flexibility index (Phi) is 3.76. The molecular formula is C9H11N7O2. The molecule has 0 aromatic carbocycles. The summed E-state index contributed by atoms with van der Waals surface area (Å²) in [7, 11) is 0. The molecule has 0 aliphatic rings. The number of nitrogen functional groups attached to an aromatic ring is 1. The summed E-state index contributed by atoms with van der Waals surface area (Å²) in [4.78, 5) is 23.3. The smallest absolute Gasteiger partial charge is 0.271 e. The fourth-order valence-electron chi connectivity index (χ4n) is 1.22. The largest absolute Gasteiger partial charge is 0.350 e. The fourth-order valence-corrected chi connectivity index (χ4v) is 1.22. The van der Waals surface area contributed by atoms with Crippen molar-refractivity contribution in [3.63, 3.8) is 0 Å². The summed E-state index contributed by atoms with van der Waals surface area (Å²) in [5, 5.41) is 6.11. The predicted molar refractivity (Wildman–Crippen MR) is 60.2 cm³/mol. The highest BCUT2D eigenvalue weighted by Crippen LogP contribution is 2.00. The number of carbonyl (C=O) groups is 1. The topological polar surface area (TPSA) is 132 Å². The lowest BCUT2D eigenvalue weighted by Gasteiger charge is -2.04. The molecule has 0 radical (unpaired) electrons. The maximum absolute atomic E-state index is 11.7. The van der Waals surface area contributed by atoms with Crippen LogP contribution in [0.25, 0.3) is 0 Å². The summed E-state index contributed by atoms with van der Waals surface area (Å²) in [6.45, 7) is 0.364. The number of rotatable bonds is 5. The molecule has 0 aliphatic carbocycles. The van der Waals surface area contributed by atoms with Crippen LogP contribution in [0.15, 0.2) is 23.2 Å². The Morgan fingerprint density at radius 3 is 3.06 bits per heavy atom. The minimum absolute atomic E-state index is 0.177. The fraction of sp³-hybridized carbons (Fsp3) is 0.222. The number of nitrogens with two attached hydrogens (primary N) is 1. The second-order valence-corrected chi connectivity index (χ2v) is 3.27. The van der Waals surface area contributed by atoms with Gasteiger partial charge in [0.15, 0.2) is 12.1 Å². The van der Waals surface area contributed by atoms with Gasteiger partial charge in [-0.05, 0) is 0 Å². The van der Waals surface area contributed by atoms with Crippen molar-refractivity contribution in [1.82, 2.24) is 25.4 Å². The van der Waals surface area contributed by atoms with E-state index in [1.165, 1.54) is 18.7 Å². The molecule has 0 spiro atoms. The Morgan fingerprint density at radius 2 is 2.33 bits per heavy atom. The first-order valence-electron chi connectivity index (χ1n) is 5.12. The van der Waals surface area contributed by atoms with Crippen LogP contribution in [0.2, 0.25) is 0 Å². The van der Waals surface area contributed by atoms with E-state index in [1.54, 1.807) is 0 Å². The van der Waals surface area contributed by atoms with E-state index >= 15 is 0 Å². The molecular weight excluding hydrogens is 238 g/mol. The molecule has 0 saturated carbocycles. The van der Waals surface area contributed by atoms with Crippen LogP contribution in [0.1, 0.15) is 16.4 Å². The van der Waals surface area contributed by atoms with Gasteiger partial charge in [0.1, 0.15) is 5.69 Å². The number of amides is 1. The molecule has 2 rings (SSSR count). The molecule has 94 valence electrons. The van der Waals surface area contributed by atoms with Gasteiger partial charge in [-0.15, -0.1) is 0 Å². The highest BCUT2D eigenvalue weighted by molar-refractivity contribution is 5.92. The van der Waals surface area contributed by atoms with Gasteiger partial charge in [0.2, 0.25) is 5.89 Å². The van der Waals surface area contributed by atoms with E-state index in [0.717, 1.165) is 0 Å². The second kappa shape index (κ2) is 5.68. The average Bonchev–Trinajstić information content (AvgIpc) is 2.92. The summed E-state index contributed by atoms with van der Waals surface area (Å²) in [6, 6.07) is 0. The number of hydrogen-bond donors (Lipinski definition) is 3. The Labute approximate surface area is 102 Å². The Balaban J connectivity index is 1.87. The van der Waals surface area contributed by atoms with Gasteiger partial charge in [0, 0.05) is 13.0 Å². The predicted octanol–water partition coefficient (Wildman–Crippen LogP) is -0.882. The van der Waals surface area contributed by atoms with Crippen molar-refractivity contribution in [2.24, 2.45) is 5.84 Å². The monoisotopic (exact) mass is 249 g/mol. The maximum atomic E-state index is 11.7. The lowest BCUT2D eigenvalue weighted by atomic mass is 10.3. The average molecular weight is 249 g/mol. The second-order valence-electron chi connectivity index (χ2n) is 3.27. The number of anilines is 1. The van der Waals surface area contributed by atoms with Crippen molar-refractivity contribution in [3.8, 4) is 0 Å². The van der Waals surface area contributed by atoms with Gasteiger partial charge in [0.05, 0.1) is 12.4 Å². The van der Waals surface area contributed by atoms with Crippen molar-refractivity contribution < 1.29 is 9.32 Å². The van der Waals surface area contributed by atoms with Crippen LogP contribution in [0, 0.1) is 0 Å². The normalized spacial score (nSPS) is 10.1. The summed E-state index contributed by atoms with van der Waals surface area (Å²) in [6.07, 6.45) is 4.52. The lowest BCUT2D eigenvalue weighted by Crippen LogP contribution is -2.27. The molecule has 2 aromatic heterocycles. The molecule has 1 amide bonds. The van der Waals surface area contributed by atoms with Crippen molar-refractivity contribution in [1.29, 1.82) is 0 Å². The summed E-state index contributed by atoms with van der Waals surface area (Å²) in [5.74, 6) is 5.60. The first-order chi connectivity index (χ1) is 8.79. The van der Waals surface area contributed by atoms with Crippen LogP contribution in [-0.4, -0.2) is 32.6 Å². The Bertz CT molecular complexity index is 513. The maximum Gasteiger partial charge on any atom is 0.271 e. The van der Waals surface area contributed by atoms with Crippen molar-refractivity contribution in [3.05, 3.63) is 30.3 Å². The molecule has 0 atom stereocenters. The number of aromatic nitrogens is 4. The number of hydrogen-bond acceptors (Lipinski definition) is 8. The van der Waals surface area contributed by atoms with E-state index in [4.69, 9.17) is 10.4 Å². The van der Waals surface area contributed by atoms with E-state index in [0.29, 0.717) is 24.7 Å². The van der Waals surface area contributed by atoms with Gasteiger partial charge in [-0.25, -0.2) is 10.8 Å². The summed E-state index contributed by atoms with van der Waals surface area (Å²) < 4.78 is 4.79. The van der Waals surface area contributed by atoms with Crippen LogP contribution < -0.4 is 16.6 Å². The zero-order valence-corrected chi connectivity index (χ0v) is 9.33. The van der Waals surface area contributed by atoms with Crippen LogP contribution in [-0.2, 0) is 6.42 Å². The van der Waals surface area contributed by atoms with Crippen molar-refractivity contribution in [2.75, 3.05) is 12.0 Å². The highest BCUT2D eigenvalue weighted by Gasteiger charge is 2.08. The third kappa shape index (κ3) is 2.98. The molecule has 4 N–H and O–H groups in total. The number of nitrogens with zero attached hydrogens (tertiary/aromatic N) is 4. The minimum atomic E-state index is -0.348. The molecule has 9 nitrogen and oxygen atoms in total. The van der Waals surface area contributed by atoms with E-state index in [-0.39, 0.29) is 11.6 Å². The summed E-state index contributed by atoms with van der Waals surface area (Å²) in [5.41, 5.74) is 2.49. The van der Waals surface area contributed by atoms with Gasteiger partial charge in [-0.1, -0.05) is 5.16 Å². The number of nitrogens with one attached hydrogen (secondary N) is 2. The van der Waals surface area contributed by atoms with Crippen molar-refractivity contribution in [2.45, 2.75) is 6.42 Å². The standard InChI is InChI=1S/C9H11N7O2/c10-16-7-4-11-3-6(15-7)9(17)12-2-1-8-13-5-14-18-8/h3-5H,1-2,10H2,(H,12,17)(H,15,16). The first kappa shape index (κ1) is 11.9. The Morgan fingerprint density at radius 1 is 1.44 bits per heavy atom. The Hall–Kier alpha value is -2.55. The number of carbonyl (C=O) groups excluding carboxylic acids is 1. The van der Waals surface area contributed by atoms with Crippen LogP contribution in [0.4, 0.5) is 5.82 Å². The van der Waals surface area contributed by atoms with Gasteiger partial charge in [-0.3, -0.25) is 9.78 Å². The van der Waals surface area contributed by atoms with Crippen LogP contribution in [0.5, 0.6) is 0 Å².